The maximum Gasteiger partial charge on any atom is 0.243 e. The van der Waals surface area contributed by atoms with Gasteiger partial charge in [0, 0.05) is 17.9 Å². The van der Waals surface area contributed by atoms with Gasteiger partial charge in [-0.3, -0.25) is 4.79 Å². The van der Waals surface area contributed by atoms with Crippen molar-refractivity contribution in [3.05, 3.63) is 53.1 Å². The summed E-state index contributed by atoms with van der Waals surface area (Å²) < 4.78 is 0. The number of para-hydroxylation sites is 1. The number of anilines is 3. The van der Waals surface area contributed by atoms with E-state index in [1.807, 2.05) is 30.3 Å². The predicted molar refractivity (Wildman–Crippen MR) is 86.9 cm³/mol. The average Bonchev–Trinajstić information content (AvgIpc) is 2.83. The summed E-state index contributed by atoms with van der Waals surface area (Å²) in [6.07, 6.45) is 0.916. The summed E-state index contributed by atoms with van der Waals surface area (Å²) in [7, 11) is 0. The molecule has 1 amide bonds. The van der Waals surface area contributed by atoms with Crippen molar-refractivity contribution in [2.75, 3.05) is 29.0 Å². The van der Waals surface area contributed by atoms with Gasteiger partial charge in [-0.2, -0.15) is 0 Å². The Labute approximate surface area is 128 Å². The highest BCUT2D eigenvalue weighted by atomic mass is 35.5. The van der Waals surface area contributed by atoms with Crippen LogP contribution in [0.4, 0.5) is 17.1 Å². The minimum Gasteiger partial charge on any atom is -0.399 e. The first-order valence-electron chi connectivity index (χ1n) is 6.81. The van der Waals surface area contributed by atoms with Gasteiger partial charge < -0.3 is 16.0 Å². The van der Waals surface area contributed by atoms with Crippen LogP contribution in [0, 0.1) is 0 Å². The number of amides is 1. The molecule has 1 heterocycles. The first-order chi connectivity index (χ1) is 10.1. The number of hydrogen-bond acceptors (Lipinski definition) is 3. The Morgan fingerprint density at radius 3 is 2.90 bits per heavy atom. The molecule has 2 aromatic rings. The molecule has 1 aliphatic rings. The van der Waals surface area contributed by atoms with E-state index in [2.05, 4.69) is 10.2 Å². The molecule has 0 radical (unpaired) electrons. The number of nitrogens with zero attached hydrogens (tertiary/aromatic N) is 1. The minimum absolute atomic E-state index is 0.0761. The van der Waals surface area contributed by atoms with Crippen LogP contribution in [0.5, 0.6) is 0 Å². The van der Waals surface area contributed by atoms with E-state index >= 15 is 0 Å². The number of benzene rings is 2. The number of nitrogens with one attached hydrogen (secondary N) is 1. The van der Waals surface area contributed by atoms with E-state index in [-0.39, 0.29) is 5.91 Å². The van der Waals surface area contributed by atoms with Gasteiger partial charge in [0.25, 0.3) is 0 Å². The lowest BCUT2D eigenvalue weighted by molar-refractivity contribution is -0.115. The number of hydrogen-bond donors (Lipinski definition) is 2. The fourth-order valence-electron chi connectivity index (χ4n) is 2.58. The lowest BCUT2D eigenvalue weighted by atomic mass is 10.1. The van der Waals surface area contributed by atoms with Crippen LogP contribution in [0.1, 0.15) is 5.56 Å². The van der Waals surface area contributed by atoms with Gasteiger partial charge in [-0.25, -0.2) is 0 Å². The molecule has 0 fully saturated rings. The molecule has 21 heavy (non-hydrogen) atoms. The first kappa shape index (κ1) is 13.8. The highest BCUT2D eigenvalue weighted by Gasteiger charge is 2.21. The standard InChI is InChI=1S/C16H16ClN3O/c17-13-3-1-2-4-14(13)19-16(21)10-20-8-7-11-9-12(18)5-6-15(11)20/h1-6,9H,7-8,10,18H2,(H,19,21). The van der Waals surface area contributed by atoms with Crippen molar-refractivity contribution in [2.24, 2.45) is 0 Å². The molecular weight excluding hydrogens is 286 g/mol. The van der Waals surface area contributed by atoms with Crippen LogP contribution in [-0.4, -0.2) is 19.0 Å². The van der Waals surface area contributed by atoms with Gasteiger partial charge in [0.05, 0.1) is 17.3 Å². The summed E-state index contributed by atoms with van der Waals surface area (Å²) in [5.74, 6) is -0.0761. The second-order valence-corrected chi connectivity index (χ2v) is 5.49. The summed E-state index contributed by atoms with van der Waals surface area (Å²) in [6.45, 7) is 1.14. The molecule has 5 heteroatoms. The molecule has 0 spiro atoms. The van der Waals surface area contributed by atoms with E-state index in [1.165, 1.54) is 5.56 Å². The number of rotatable bonds is 3. The third-order valence-corrected chi connectivity index (χ3v) is 3.91. The summed E-state index contributed by atoms with van der Waals surface area (Å²) in [4.78, 5) is 14.2. The maximum atomic E-state index is 12.2. The maximum absolute atomic E-state index is 12.2. The highest BCUT2D eigenvalue weighted by molar-refractivity contribution is 6.33. The smallest absolute Gasteiger partial charge is 0.243 e. The van der Waals surface area contributed by atoms with Gasteiger partial charge in [0.15, 0.2) is 0 Å². The van der Waals surface area contributed by atoms with Gasteiger partial charge in [-0.15, -0.1) is 0 Å². The second kappa shape index (κ2) is 5.66. The molecule has 1 aliphatic heterocycles. The normalized spacial score (nSPS) is 13.1. The fraction of sp³-hybridized carbons (Fsp3) is 0.188. The van der Waals surface area contributed by atoms with Crippen molar-refractivity contribution < 1.29 is 4.79 Å². The van der Waals surface area contributed by atoms with E-state index in [4.69, 9.17) is 17.3 Å². The van der Waals surface area contributed by atoms with E-state index < -0.39 is 0 Å². The Kier molecular flexibility index (Phi) is 3.71. The third-order valence-electron chi connectivity index (χ3n) is 3.58. The van der Waals surface area contributed by atoms with Crippen LogP contribution >= 0.6 is 11.6 Å². The van der Waals surface area contributed by atoms with Crippen molar-refractivity contribution in [3.8, 4) is 0 Å². The highest BCUT2D eigenvalue weighted by Crippen LogP contribution is 2.29. The van der Waals surface area contributed by atoms with Crippen molar-refractivity contribution in [1.82, 2.24) is 0 Å². The Bertz CT molecular complexity index is 687. The molecule has 0 saturated heterocycles. The number of halogens is 1. The zero-order valence-electron chi connectivity index (χ0n) is 11.5. The minimum atomic E-state index is -0.0761. The molecule has 108 valence electrons. The predicted octanol–water partition coefficient (Wildman–Crippen LogP) is 2.92. The summed E-state index contributed by atoms with van der Waals surface area (Å²) in [5, 5.41) is 3.38. The average molecular weight is 302 g/mol. The van der Waals surface area contributed by atoms with Gasteiger partial charge in [-0.05, 0) is 42.3 Å². The van der Waals surface area contributed by atoms with E-state index in [0.717, 1.165) is 24.3 Å². The Morgan fingerprint density at radius 1 is 1.29 bits per heavy atom. The summed E-state index contributed by atoms with van der Waals surface area (Å²) in [6, 6.07) is 13.0. The largest absolute Gasteiger partial charge is 0.399 e. The molecule has 0 unspecified atom stereocenters. The lowest BCUT2D eigenvalue weighted by Crippen LogP contribution is -2.31. The molecule has 2 aromatic carbocycles. The first-order valence-corrected chi connectivity index (χ1v) is 7.19. The fourth-order valence-corrected chi connectivity index (χ4v) is 2.76. The molecule has 0 atom stereocenters. The summed E-state index contributed by atoms with van der Waals surface area (Å²) >= 11 is 6.04. The second-order valence-electron chi connectivity index (χ2n) is 5.09. The number of carbonyl (C=O) groups excluding carboxylic acids is 1. The van der Waals surface area contributed by atoms with Crippen LogP contribution in [0.3, 0.4) is 0 Å². The van der Waals surface area contributed by atoms with Crippen molar-refractivity contribution in [3.63, 3.8) is 0 Å². The zero-order valence-corrected chi connectivity index (χ0v) is 12.2. The van der Waals surface area contributed by atoms with Crippen molar-refractivity contribution in [2.45, 2.75) is 6.42 Å². The van der Waals surface area contributed by atoms with E-state index in [9.17, 15) is 4.79 Å². The van der Waals surface area contributed by atoms with E-state index in [0.29, 0.717) is 17.3 Å². The van der Waals surface area contributed by atoms with Crippen molar-refractivity contribution in [1.29, 1.82) is 0 Å². The molecule has 4 nitrogen and oxygen atoms in total. The molecule has 3 N–H and O–H groups in total. The SMILES string of the molecule is Nc1ccc2c(c1)CCN2CC(=O)Nc1ccccc1Cl. The van der Waals surface area contributed by atoms with E-state index in [1.54, 1.807) is 12.1 Å². The molecule has 0 saturated carbocycles. The number of nitrogen functional groups attached to an aromatic ring is 1. The molecule has 0 aromatic heterocycles. The molecular formula is C16H16ClN3O. The van der Waals surface area contributed by atoms with Crippen LogP contribution in [0.15, 0.2) is 42.5 Å². The van der Waals surface area contributed by atoms with Gasteiger partial charge >= 0.3 is 0 Å². The van der Waals surface area contributed by atoms with Crippen LogP contribution < -0.4 is 16.0 Å². The van der Waals surface area contributed by atoms with Gasteiger partial charge in [-0.1, -0.05) is 23.7 Å². The van der Waals surface area contributed by atoms with Gasteiger partial charge in [0.2, 0.25) is 5.91 Å². The molecule has 3 rings (SSSR count). The van der Waals surface area contributed by atoms with Crippen molar-refractivity contribution >= 4 is 34.6 Å². The van der Waals surface area contributed by atoms with Crippen LogP contribution in [0.25, 0.3) is 0 Å². The quantitative estimate of drug-likeness (QED) is 0.857. The number of fused-ring (bicyclic) bond motifs is 1. The van der Waals surface area contributed by atoms with Gasteiger partial charge in [0.1, 0.15) is 0 Å². The van der Waals surface area contributed by atoms with Crippen LogP contribution in [0.2, 0.25) is 5.02 Å². The summed E-state index contributed by atoms with van der Waals surface area (Å²) in [5.41, 5.74) is 9.46. The number of nitrogens with two attached hydrogens (primary N) is 1. The Hall–Kier alpha value is -2.20. The monoisotopic (exact) mass is 301 g/mol. The Balaban J connectivity index is 1.69. The Morgan fingerprint density at radius 2 is 2.10 bits per heavy atom. The molecule has 0 bridgehead atoms. The lowest BCUT2D eigenvalue weighted by Gasteiger charge is -2.19. The molecule has 0 aliphatic carbocycles. The zero-order chi connectivity index (χ0) is 14.8. The van der Waals surface area contributed by atoms with Crippen LogP contribution in [-0.2, 0) is 11.2 Å². The third kappa shape index (κ3) is 2.95. The topological polar surface area (TPSA) is 58.4 Å². The number of carbonyl (C=O) groups is 1.